The van der Waals surface area contributed by atoms with Crippen molar-refractivity contribution >= 4 is 38.9 Å². The SMILES string of the molecule is CCCNC(CC)c1cc(Br)c(Cl)s1. The van der Waals surface area contributed by atoms with Gasteiger partial charge in [0.15, 0.2) is 0 Å². The van der Waals surface area contributed by atoms with Crippen LogP contribution in [0.4, 0.5) is 0 Å². The molecular formula is C10H15BrClNS. The lowest BCUT2D eigenvalue weighted by molar-refractivity contribution is 0.525. The average Bonchev–Trinajstić information content (AvgIpc) is 2.48. The van der Waals surface area contributed by atoms with Gasteiger partial charge < -0.3 is 5.32 Å². The van der Waals surface area contributed by atoms with E-state index < -0.39 is 0 Å². The maximum absolute atomic E-state index is 6.01. The van der Waals surface area contributed by atoms with Crippen LogP contribution in [0.15, 0.2) is 10.5 Å². The first-order valence-corrected chi connectivity index (χ1v) is 6.85. The predicted molar refractivity (Wildman–Crippen MR) is 68.4 cm³/mol. The lowest BCUT2D eigenvalue weighted by atomic mass is 10.2. The van der Waals surface area contributed by atoms with Crippen LogP contribution in [-0.4, -0.2) is 6.54 Å². The van der Waals surface area contributed by atoms with Crippen molar-refractivity contribution in [1.29, 1.82) is 0 Å². The fourth-order valence-corrected chi connectivity index (χ4v) is 3.19. The minimum absolute atomic E-state index is 0.448. The monoisotopic (exact) mass is 295 g/mol. The molecule has 1 aromatic rings. The van der Waals surface area contributed by atoms with Crippen molar-refractivity contribution in [2.75, 3.05) is 6.54 Å². The van der Waals surface area contributed by atoms with E-state index in [-0.39, 0.29) is 0 Å². The second-order valence-electron chi connectivity index (χ2n) is 3.19. The summed E-state index contributed by atoms with van der Waals surface area (Å²) in [6, 6.07) is 2.56. The molecule has 1 unspecified atom stereocenters. The summed E-state index contributed by atoms with van der Waals surface area (Å²) < 4.78 is 1.85. The van der Waals surface area contributed by atoms with Gasteiger partial charge in [0.25, 0.3) is 0 Å². The molecule has 0 amide bonds. The van der Waals surface area contributed by atoms with Crippen LogP contribution >= 0.6 is 38.9 Å². The first-order chi connectivity index (χ1) is 6.69. The van der Waals surface area contributed by atoms with Gasteiger partial charge in [-0.1, -0.05) is 25.4 Å². The van der Waals surface area contributed by atoms with E-state index in [1.165, 1.54) is 4.88 Å². The minimum atomic E-state index is 0.448. The van der Waals surface area contributed by atoms with Gasteiger partial charge in [0.2, 0.25) is 0 Å². The maximum atomic E-state index is 6.01. The zero-order valence-corrected chi connectivity index (χ0v) is 11.6. The number of halogens is 2. The van der Waals surface area contributed by atoms with Gasteiger partial charge in [0, 0.05) is 15.4 Å². The molecule has 0 aliphatic carbocycles. The molecule has 0 radical (unpaired) electrons. The van der Waals surface area contributed by atoms with Gasteiger partial charge in [-0.15, -0.1) is 11.3 Å². The second-order valence-corrected chi connectivity index (χ2v) is 5.73. The highest BCUT2D eigenvalue weighted by Crippen LogP contribution is 2.35. The third-order valence-corrected chi connectivity index (χ3v) is 4.65. The van der Waals surface area contributed by atoms with Crippen molar-refractivity contribution in [1.82, 2.24) is 5.32 Å². The Hall–Kier alpha value is 0.430. The molecular weight excluding hydrogens is 282 g/mol. The summed E-state index contributed by atoms with van der Waals surface area (Å²) in [4.78, 5) is 1.32. The third-order valence-electron chi connectivity index (χ3n) is 2.06. The number of nitrogens with one attached hydrogen (secondary N) is 1. The summed E-state index contributed by atoms with van der Waals surface area (Å²) in [5.74, 6) is 0. The number of rotatable bonds is 5. The zero-order valence-electron chi connectivity index (χ0n) is 8.44. The Morgan fingerprint density at radius 2 is 2.29 bits per heavy atom. The van der Waals surface area contributed by atoms with E-state index in [4.69, 9.17) is 11.6 Å². The normalized spacial score (nSPS) is 13.1. The third kappa shape index (κ3) is 3.23. The van der Waals surface area contributed by atoms with Crippen molar-refractivity contribution in [2.45, 2.75) is 32.7 Å². The van der Waals surface area contributed by atoms with Crippen molar-refractivity contribution < 1.29 is 0 Å². The van der Waals surface area contributed by atoms with Gasteiger partial charge in [-0.05, 0) is 41.4 Å². The van der Waals surface area contributed by atoms with E-state index >= 15 is 0 Å². The molecule has 14 heavy (non-hydrogen) atoms. The van der Waals surface area contributed by atoms with Crippen LogP contribution in [0, 0.1) is 0 Å². The Morgan fingerprint density at radius 1 is 1.57 bits per heavy atom. The molecule has 1 atom stereocenters. The first-order valence-electron chi connectivity index (χ1n) is 4.87. The van der Waals surface area contributed by atoms with Crippen molar-refractivity contribution in [2.24, 2.45) is 0 Å². The highest BCUT2D eigenvalue weighted by molar-refractivity contribution is 9.10. The number of hydrogen-bond acceptors (Lipinski definition) is 2. The molecule has 0 aliphatic heterocycles. The average molecular weight is 297 g/mol. The summed E-state index contributed by atoms with van der Waals surface area (Å²) in [5.41, 5.74) is 0. The van der Waals surface area contributed by atoms with Gasteiger partial charge in [0.05, 0.1) is 0 Å². The van der Waals surface area contributed by atoms with Gasteiger partial charge in [-0.25, -0.2) is 0 Å². The van der Waals surface area contributed by atoms with Crippen LogP contribution < -0.4 is 5.32 Å². The summed E-state index contributed by atoms with van der Waals surface area (Å²) in [6.45, 7) is 5.43. The van der Waals surface area contributed by atoms with Crippen LogP contribution in [0.5, 0.6) is 0 Å². The first kappa shape index (κ1) is 12.5. The Labute approximate surface area is 103 Å². The molecule has 0 saturated carbocycles. The number of hydrogen-bond donors (Lipinski definition) is 1. The van der Waals surface area contributed by atoms with Gasteiger partial charge in [-0.2, -0.15) is 0 Å². The smallest absolute Gasteiger partial charge is 0.107 e. The lowest BCUT2D eigenvalue weighted by Crippen LogP contribution is -2.20. The van der Waals surface area contributed by atoms with E-state index in [1.54, 1.807) is 11.3 Å². The van der Waals surface area contributed by atoms with Crippen molar-refractivity contribution in [3.05, 3.63) is 19.8 Å². The van der Waals surface area contributed by atoms with Crippen molar-refractivity contribution in [3.63, 3.8) is 0 Å². The van der Waals surface area contributed by atoms with Crippen LogP contribution in [0.3, 0.4) is 0 Å². The van der Waals surface area contributed by atoms with Gasteiger partial charge in [-0.3, -0.25) is 0 Å². The Bertz CT molecular complexity index is 268. The molecule has 1 rings (SSSR count). The second kappa shape index (κ2) is 6.11. The Kier molecular flexibility index (Phi) is 5.45. The molecule has 4 heteroatoms. The van der Waals surface area contributed by atoms with Gasteiger partial charge in [0.1, 0.15) is 4.34 Å². The van der Waals surface area contributed by atoms with E-state index in [0.717, 1.165) is 28.2 Å². The molecule has 0 saturated heterocycles. The van der Waals surface area contributed by atoms with Crippen LogP contribution in [-0.2, 0) is 0 Å². The molecule has 0 aliphatic rings. The molecule has 0 bridgehead atoms. The van der Waals surface area contributed by atoms with E-state index in [9.17, 15) is 0 Å². The van der Waals surface area contributed by atoms with E-state index in [2.05, 4.69) is 41.2 Å². The van der Waals surface area contributed by atoms with E-state index in [0.29, 0.717) is 6.04 Å². The molecule has 0 aromatic carbocycles. The summed E-state index contributed by atoms with van der Waals surface area (Å²) in [5, 5.41) is 3.51. The van der Waals surface area contributed by atoms with Crippen LogP contribution in [0.1, 0.15) is 37.6 Å². The molecule has 1 aromatic heterocycles. The molecule has 80 valence electrons. The van der Waals surface area contributed by atoms with Crippen molar-refractivity contribution in [3.8, 4) is 0 Å². The minimum Gasteiger partial charge on any atom is -0.309 e. The topological polar surface area (TPSA) is 12.0 Å². The summed E-state index contributed by atoms with van der Waals surface area (Å²) in [7, 11) is 0. The molecule has 0 spiro atoms. The molecule has 1 heterocycles. The maximum Gasteiger partial charge on any atom is 0.107 e. The predicted octanol–water partition coefficient (Wildman–Crippen LogP) is 4.61. The van der Waals surface area contributed by atoms with Crippen LogP contribution in [0.2, 0.25) is 4.34 Å². The Morgan fingerprint density at radius 3 is 2.71 bits per heavy atom. The fraction of sp³-hybridized carbons (Fsp3) is 0.600. The van der Waals surface area contributed by atoms with Crippen LogP contribution in [0.25, 0.3) is 0 Å². The fourth-order valence-electron chi connectivity index (χ4n) is 1.30. The quantitative estimate of drug-likeness (QED) is 0.836. The highest BCUT2D eigenvalue weighted by Gasteiger charge is 2.13. The lowest BCUT2D eigenvalue weighted by Gasteiger charge is -2.14. The summed E-state index contributed by atoms with van der Waals surface area (Å²) >= 11 is 11.1. The van der Waals surface area contributed by atoms with E-state index in [1.807, 2.05) is 0 Å². The highest BCUT2D eigenvalue weighted by atomic mass is 79.9. The molecule has 0 fully saturated rings. The number of thiophene rings is 1. The molecule has 1 nitrogen and oxygen atoms in total. The zero-order chi connectivity index (χ0) is 10.6. The summed E-state index contributed by atoms with van der Waals surface area (Å²) in [6.07, 6.45) is 2.26. The Balaban J connectivity index is 2.68. The standard InChI is InChI=1S/C10H15BrClNS/c1-3-5-13-8(4-2)9-6-7(11)10(12)14-9/h6,8,13H,3-5H2,1-2H3. The van der Waals surface area contributed by atoms with Gasteiger partial charge >= 0.3 is 0 Å². The largest absolute Gasteiger partial charge is 0.309 e. The molecule has 1 N–H and O–H groups in total.